The number of sulfonamides is 1. The molecule has 0 aromatic carbocycles. The lowest BCUT2D eigenvalue weighted by Crippen LogP contribution is -2.50. The molecule has 0 radical (unpaired) electrons. The Morgan fingerprint density at radius 3 is 2.41 bits per heavy atom. The van der Waals surface area contributed by atoms with Crippen LogP contribution in [0.4, 0.5) is 0 Å². The molecule has 1 unspecified atom stereocenters. The molecule has 1 rings (SSSR count). The summed E-state index contributed by atoms with van der Waals surface area (Å²) < 4.78 is 26.6. The van der Waals surface area contributed by atoms with Gasteiger partial charge in [-0.2, -0.15) is 0 Å². The predicted molar refractivity (Wildman–Crippen MR) is 66.0 cm³/mol. The molecule has 5 nitrogen and oxygen atoms in total. The van der Waals surface area contributed by atoms with Crippen LogP contribution in [0.3, 0.4) is 0 Å². The van der Waals surface area contributed by atoms with Crippen LogP contribution in [-0.4, -0.2) is 20.4 Å². The van der Waals surface area contributed by atoms with Crippen molar-refractivity contribution in [3.8, 4) is 0 Å². The average molecular weight is 341 g/mol. The van der Waals surface area contributed by atoms with Crippen molar-refractivity contribution in [1.29, 1.82) is 0 Å². The zero-order valence-corrected chi connectivity index (χ0v) is 12.4. The summed E-state index contributed by atoms with van der Waals surface area (Å²) in [4.78, 5) is 10.8. The molecule has 0 amide bonds. The molecule has 0 fully saturated rings. The van der Waals surface area contributed by atoms with Crippen molar-refractivity contribution >= 4 is 43.3 Å². The zero-order chi connectivity index (χ0) is 13.2. The van der Waals surface area contributed by atoms with E-state index in [1.165, 1.54) is 6.07 Å². The Hall–Kier alpha value is -0.440. The number of carboxylic acid groups (broad SMARTS) is 1. The molecule has 17 heavy (non-hydrogen) atoms. The van der Waals surface area contributed by atoms with Crippen molar-refractivity contribution in [2.75, 3.05) is 0 Å². The number of carbonyl (C=O) groups is 1. The van der Waals surface area contributed by atoms with Crippen LogP contribution in [-0.2, 0) is 14.8 Å². The van der Waals surface area contributed by atoms with Gasteiger partial charge in [-0.3, -0.25) is 0 Å². The first kappa shape index (κ1) is 14.6. The quantitative estimate of drug-likeness (QED) is 0.848. The molecular formula is C9H11BrNO4S2-. The minimum Gasteiger partial charge on any atom is -0.548 e. The highest BCUT2D eigenvalue weighted by Crippen LogP contribution is 2.26. The van der Waals surface area contributed by atoms with E-state index in [-0.39, 0.29) is 4.21 Å². The molecule has 1 heterocycles. The summed E-state index contributed by atoms with van der Waals surface area (Å²) >= 11 is 4.16. The van der Waals surface area contributed by atoms with Gasteiger partial charge < -0.3 is 9.90 Å². The van der Waals surface area contributed by atoms with Crippen LogP contribution in [0.5, 0.6) is 0 Å². The number of rotatable bonds is 5. The number of carboxylic acids is 1. The second-order valence-electron chi connectivity index (χ2n) is 3.72. The van der Waals surface area contributed by atoms with E-state index in [9.17, 15) is 18.3 Å². The third kappa shape index (κ3) is 3.77. The van der Waals surface area contributed by atoms with E-state index in [4.69, 9.17) is 0 Å². The molecule has 0 bridgehead atoms. The maximum Gasteiger partial charge on any atom is 0.250 e. The lowest BCUT2D eigenvalue weighted by Gasteiger charge is -2.22. The van der Waals surface area contributed by atoms with E-state index >= 15 is 0 Å². The van der Waals surface area contributed by atoms with Gasteiger partial charge in [0.25, 0.3) is 10.0 Å². The van der Waals surface area contributed by atoms with Crippen LogP contribution in [0.1, 0.15) is 13.8 Å². The van der Waals surface area contributed by atoms with Crippen LogP contribution >= 0.6 is 27.3 Å². The fourth-order valence-electron chi connectivity index (χ4n) is 1.12. The number of hydrogen-bond donors (Lipinski definition) is 1. The predicted octanol–water partition coefficient (Wildman–Crippen LogP) is 0.563. The van der Waals surface area contributed by atoms with Crippen LogP contribution in [0.25, 0.3) is 0 Å². The van der Waals surface area contributed by atoms with Gasteiger partial charge in [0.1, 0.15) is 4.21 Å². The van der Waals surface area contributed by atoms with Crippen molar-refractivity contribution in [2.24, 2.45) is 5.92 Å². The van der Waals surface area contributed by atoms with E-state index < -0.39 is 28.0 Å². The van der Waals surface area contributed by atoms with Gasteiger partial charge in [-0.15, -0.1) is 11.3 Å². The van der Waals surface area contributed by atoms with Crippen molar-refractivity contribution in [3.63, 3.8) is 0 Å². The first-order valence-electron chi connectivity index (χ1n) is 4.72. The topological polar surface area (TPSA) is 86.3 Å². The summed E-state index contributed by atoms with van der Waals surface area (Å²) in [6.45, 7) is 3.21. The van der Waals surface area contributed by atoms with Gasteiger partial charge in [0.05, 0.1) is 15.8 Å². The van der Waals surface area contributed by atoms with Gasteiger partial charge in [-0.1, -0.05) is 13.8 Å². The van der Waals surface area contributed by atoms with E-state index in [1.54, 1.807) is 19.9 Å². The van der Waals surface area contributed by atoms with Gasteiger partial charge in [-0.05, 0) is 34.0 Å². The molecule has 0 saturated carbocycles. The summed E-state index contributed by atoms with van der Waals surface area (Å²) in [5.41, 5.74) is 0. The Bertz CT molecular complexity index is 509. The smallest absolute Gasteiger partial charge is 0.250 e. The third-order valence-corrected chi connectivity index (χ3v) is 5.57. The summed E-state index contributed by atoms with van der Waals surface area (Å²) in [5.74, 6) is -1.82. The molecule has 0 spiro atoms. The maximum absolute atomic E-state index is 11.9. The third-order valence-electron chi connectivity index (χ3n) is 2.02. The van der Waals surface area contributed by atoms with Crippen molar-refractivity contribution < 1.29 is 18.3 Å². The fraction of sp³-hybridized carbons (Fsp3) is 0.444. The van der Waals surface area contributed by atoms with E-state index in [1.807, 2.05) is 0 Å². The van der Waals surface area contributed by atoms with Crippen LogP contribution < -0.4 is 9.83 Å². The normalized spacial score (nSPS) is 13.9. The number of hydrogen-bond acceptors (Lipinski definition) is 5. The molecule has 1 aromatic rings. The lowest BCUT2D eigenvalue weighted by atomic mass is 10.1. The summed E-state index contributed by atoms with van der Waals surface area (Å²) in [7, 11) is -3.81. The van der Waals surface area contributed by atoms with Gasteiger partial charge in [0.15, 0.2) is 0 Å². The van der Waals surface area contributed by atoms with Crippen LogP contribution in [0.15, 0.2) is 20.1 Å². The maximum atomic E-state index is 11.9. The highest BCUT2D eigenvalue weighted by Gasteiger charge is 2.24. The minimum absolute atomic E-state index is 0.0660. The Kier molecular flexibility index (Phi) is 4.70. The van der Waals surface area contributed by atoms with Crippen LogP contribution in [0.2, 0.25) is 0 Å². The number of halogens is 1. The van der Waals surface area contributed by atoms with Gasteiger partial charge in [0, 0.05) is 0 Å². The molecule has 1 N–H and O–H groups in total. The SMILES string of the molecule is CC(C)C(NS(=O)(=O)c1ccc(Br)s1)C(=O)[O-]. The molecule has 1 aromatic heterocycles. The minimum atomic E-state index is -3.81. The Balaban J connectivity index is 2.97. The van der Waals surface area contributed by atoms with E-state index in [0.717, 1.165) is 11.3 Å². The molecule has 0 aliphatic rings. The molecule has 0 aliphatic heterocycles. The van der Waals surface area contributed by atoms with Gasteiger partial charge in [0.2, 0.25) is 0 Å². The molecule has 8 heteroatoms. The first-order valence-corrected chi connectivity index (χ1v) is 7.82. The summed E-state index contributed by atoms with van der Waals surface area (Å²) in [6, 6.07) is 1.76. The van der Waals surface area contributed by atoms with Gasteiger partial charge in [-0.25, -0.2) is 13.1 Å². The second-order valence-corrected chi connectivity index (χ2v) is 8.12. The number of thiophene rings is 1. The lowest BCUT2D eigenvalue weighted by molar-refractivity contribution is -0.309. The van der Waals surface area contributed by atoms with Crippen LogP contribution in [0, 0.1) is 5.92 Å². The molecule has 0 aliphatic carbocycles. The number of carbonyl (C=O) groups excluding carboxylic acids is 1. The second kappa shape index (κ2) is 5.47. The average Bonchev–Trinajstić information content (AvgIpc) is 2.61. The molecule has 1 atom stereocenters. The Labute approximate surface area is 112 Å². The monoisotopic (exact) mass is 340 g/mol. The Morgan fingerprint density at radius 2 is 2.06 bits per heavy atom. The number of nitrogens with one attached hydrogen (secondary N) is 1. The van der Waals surface area contributed by atoms with Crippen molar-refractivity contribution in [2.45, 2.75) is 24.1 Å². The first-order chi connectivity index (χ1) is 7.74. The molecular weight excluding hydrogens is 330 g/mol. The van der Waals surface area contributed by atoms with Crippen molar-refractivity contribution in [3.05, 3.63) is 15.9 Å². The standard InChI is InChI=1S/C9H12BrNO4S2/c1-5(2)8(9(12)13)11-17(14,15)7-4-3-6(10)16-7/h3-5,8,11H,1-2H3,(H,12,13)/p-1. The Morgan fingerprint density at radius 1 is 1.47 bits per heavy atom. The number of aliphatic carboxylic acids is 1. The summed E-state index contributed by atoms with van der Waals surface area (Å²) in [5, 5.41) is 10.8. The van der Waals surface area contributed by atoms with Gasteiger partial charge >= 0.3 is 0 Å². The molecule has 96 valence electrons. The highest BCUT2D eigenvalue weighted by molar-refractivity contribution is 9.11. The largest absolute Gasteiger partial charge is 0.548 e. The molecule has 0 saturated heterocycles. The highest BCUT2D eigenvalue weighted by atomic mass is 79.9. The van der Waals surface area contributed by atoms with E-state index in [0.29, 0.717) is 3.79 Å². The zero-order valence-electron chi connectivity index (χ0n) is 9.14. The fourth-order valence-corrected chi connectivity index (χ4v) is 4.48. The summed E-state index contributed by atoms with van der Waals surface area (Å²) in [6.07, 6.45) is 0. The van der Waals surface area contributed by atoms with E-state index in [2.05, 4.69) is 20.7 Å². The van der Waals surface area contributed by atoms with Crippen molar-refractivity contribution in [1.82, 2.24) is 4.72 Å².